The molecule has 0 amide bonds. The van der Waals surface area contributed by atoms with Crippen LogP contribution in [0.4, 0.5) is 5.69 Å². The third kappa shape index (κ3) is 3.93. The lowest BCUT2D eigenvalue weighted by Gasteiger charge is -2.23. The zero-order valence-corrected chi connectivity index (χ0v) is 14.2. The Morgan fingerprint density at radius 1 is 1.09 bits per heavy atom. The summed E-state index contributed by atoms with van der Waals surface area (Å²) in [4.78, 5) is 0.289. The number of aryl methyl sites for hydroxylation is 1. The fraction of sp³-hybridized carbons (Fsp3) is 0.222. The molecule has 2 rings (SSSR count). The molecule has 2 aromatic rings. The average Bonchev–Trinajstić information content (AvgIpc) is 2.55. The van der Waals surface area contributed by atoms with E-state index < -0.39 is 10.0 Å². The third-order valence-electron chi connectivity index (χ3n) is 3.39. The molecule has 4 nitrogen and oxygen atoms in total. The van der Waals surface area contributed by atoms with E-state index >= 15 is 0 Å². The molecule has 0 fully saturated rings. The minimum Gasteiger partial charge on any atom is -0.490 e. The SMILES string of the molecule is C=CCOc1ccc(N(CC)S(=O)(=O)c2ccc(C)cc2)cc1. The monoisotopic (exact) mass is 331 g/mol. The summed E-state index contributed by atoms with van der Waals surface area (Å²) in [5, 5.41) is 0. The molecule has 0 aliphatic heterocycles. The van der Waals surface area contributed by atoms with Crippen molar-refractivity contribution in [1.29, 1.82) is 0 Å². The maximum Gasteiger partial charge on any atom is 0.264 e. The molecule has 0 spiro atoms. The van der Waals surface area contributed by atoms with Gasteiger partial charge in [-0.2, -0.15) is 0 Å². The predicted molar refractivity (Wildman–Crippen MR) is 93.5 cm³/mol. The van der Waals surface area contributed by atoms with Crippen molar-refractivity contribution in [2.75, 3.05) is 17.5 Å². The first-order valence-electron chi connectivity index (χ1n) is 7.42. The summed E-state index contributed by atoms with van der Waals surface area (Å²) in [5.74, 6) is 0.678. The number of anilines is 1. The molecule has 0 aliphatic carbocycles. The van der Waals surface area contributed by atoms with Crippen LogP contribution in [-0.2, 0) is 10.0 Å². The Morgan fingerprint density at radius 3 is 2.22 bits per heavy atom. The van der Waals surface area contributed by atoms with E-state index in [1.807, 2.05) is 13.8 Å². The number of hydrogen-bond acceptors (Lipinski definition) is 3. The van der Waals surface area contributed by atoms with Gasteiger partial charge in [-0.15, -0.1) is 0 Å². The number of ether oxygens (including phenoxy) is 1. The Morgan fingerprint density at radius 2 is 1.70 bits per heavy atom. The molecular weight excluding hydrogens is 310 g/mol. The van der Waals surface area contributed by atoms with Gasteiger partial charge in [0.1, 0.15) is 12.4 Å². The summed E-state index contributed by atoms with van der Waals surface area (Å²) >= 11 is 0. The van der Waals surface area contributed by atoms with Crippen LogP contribution in [0, 0.1) is 6.92 Å². The normalized spacial score (nSPS) is 11.0. The molecule has 0 aromatic heterocycles. The van der Waals surface area contributed by atoms with Crippen molar-refractivity contribution in [2.24, 2.45) is 0 Å². The zero-order valence-electron chi connectivity index (χ0n) is 13.4. The van der Waals surface area contributed by atoms with Gasteiger partial charge in [0.05, 0.1) is 10.6 Å². The van der Waals surface area contributed by atoms with E-state index in [2.05, 4.69) is 6.58 Å². The lowest BCUT2D eigenvalue weighted by molar-refractivity contribution is 0.363. The van der Waals surface area contributed by atoms with Crippen molar-refractivity contribution in [3.05, 3.63) is 66.7 Å². The second-order valence-electron chi connectivity index (χ2n) is 5.08. The van der Waals surface area contributed by atoms with E-state index in [0.717, 1.165) is 5.56 Å². The van der Waals surface area contributed by atoms with E-state index in [1.54, 1.807) is 54.6 Å². The van der Waals surface area contributed by atoms with Crippen molar-refractivity contribution < 1.29 is 13.2 Å². The molecule has 0 saturated heterocycles. The lowest BCUT2D eigenvalue weighted by Crippen LogP contribution is -2.30. The summed E-state index contributed by atoms with van der Waals surface area (Å²) in [6, 6.07) is 13.9. The van der Waals surface area contributed by atoms with Gasteiger partial charge < -0.3 is 4.74 Å². The molecule has 0 atom stereocenters. The van der Waals surface area contributed by atoms with E-state index in [9.17, 15) is 8.42 Å². The third-order valence-corrected chi connectivity index (χ3v) is 5.31. The van der Waals surface area contributed by atoms with Crippen LogP contribution in [-0.4, -0.2) is 21.6 Å². The van der Waals surface area contributed by atoms with Crippen molar-refractivity contribution in [3.63, 3.8) is 0 Å². The molecule has 5 heteroatoms. The van der Waals surface area contributed by atoms with Gasteiger partial charge >= 0.3 is 0 Å². The van der Waals surface area contributed by atoms with Crippen molar-refractivity contribution >= 4 is 15.7 Å². The molecule has 0 radical (unpaired) electrons. The van der Waals surface area contributed by atoms with E-state index in [1.165, 1.54) is 4.31 Å². The van der Waals surface area contributed by atoms with Crippen molar-refractivity contribution in [1.82, 2.24) is 0 Å². The number of sulfonamides is 1. The smallest absolute Gasteiger partial charge is 0.264 e. The first kappa shape index (κ1) is 17.1. The molecule has 0 aliphatic rings. The fourth-order valence-electron chi connectivity index (χ4n) is 2.19. The number of hydrogen-bond donors (Lipinski definition) is 0. The van der Waals surface area contributed by atoms with Crippen molar-refractivity contribution in [3.8, 4) is 5.75 Å². The number of nitrogens with zero attached hydrogens (tertiary/aromatic N) is 1. The van der Waals surface area contributed by atoms with Gasteiger partial charge in [0.2, 0.25) is 0 Å². The lowest BCUT2D eigenvalue weighted by atomic mass is 10.2. The molecule has 122 valence electrons. The Bertz CT molecular complexity index is 750. The average molecular weight is 331 g/mol. The minimum atomic E-state index is -3.57. The molecule has 0 unspecified atom stereocenters. The van der Waals surface area contributed by atoms with Gasteiger partial charge in [0.25, 0.3) is 10.0 Å². The maximum atomic E-state index is 12.8. The Kier molecular flexibility index (Phi) is 5.45. The molecule has 0 saturated carbocycles. The van der Waals surface area contributed by atoms with Gasteiger partial charge in [-0.05, 0) is 50.2 Å². The van der Waals surface area contributed by atoms with Gasteiger partial charge in [0, 0.05) is 6.54 Å². The van der Waals surface area contributed by atoms with E-state index in [0.29, 0.717) is 24.6 Å². The largest absolute Gasteiger partial charge is 0.490 e. The number of rotatable bonds is 7. The Balaban J connectivity index is 2.31. The Hall–Kier alpha value is -2.27. The van der Waals surface area contributed by atoms with Crippen LogP contribution in [0.25, 0.3) is 0 Å². The van der Waals surface area contributed by atoms with Gasteiger partial charge in [-0.3, -0.25) is 4.31 Å². The molecule has 0 N–H and O–H groups in total. The fourth-order valence-corrected chi connectivity index (χ4v) is 3.67. The summed E-state index contributed by atoms with van der Waals surface area (Å²) in [5.41, 5.74) is 1.63. The second kappa shape index (κ2) is 7.33. The highest BCUT2D eigenvalue weighted by atomic mass is 32.2. The highest BCUT2D eigenvalue weighted by Gasteiger charge is 2.23. The molecule has 23 heavy (non-hydrogen) atoms. The first-order chi connectivity index (χ1) is 11.0. The first-order valence-corrected chi connectivity index (χ1v) is 8.86. The predicted octanol–water partition coefficient (Wildman–Crippen LogP) is 3.78. The highest BCUT2D eigenvalue weighted by molar-refractivity contribution is 7.92. The summed E-state index contributed by atoms with van der Waals surface area (Å²) in [7, 11) is -3.57. The maximum absolute atomic E-state index is 12.8. The van der Waals surface area contributed by atoms with E-state index in [4.69, 9.17) is 4.74 Å². The van der Waals surface area contributed by atoms with Gasteiger partial charge in [-0.1, -0.05) is 30.4 Å². The molecule has 0 bridgehead atoms. The number of benzene rings is 2. The van der Waals surface area contributed by atoms with Crippen LogP contribution in [0.5, 0.6) is 5.75 Å². The topological polar surface area (TPSA) is 46.6 Å². The molecule has 0 heterocycles. The molecule has 2 aromatic carbocycles. The highest BCUT2D eigenvalue weighted by Crippen LogP contribution is 2.25. The van der Waals surface area contributed by atoms with Crippen LogP contribution in [0.2, 0.25) is 0 Å². The quantitative estimate of drug-likeness (QED) is 0.726. The van der Waals surface area contributed by atoms with Crippen LogP contribution in [0.3, 0.4) is 0 Å². The van der Waals surface area contributed by atoms with Crippen LogP contribution < -0.4 is 9.04 Å². The standard InChI is InChI=1S/C18H21NO3S/c1-4-14-22-17-10-8-16(9-11-17)19(5-2)23(20,21)18-12-6-15(3)7-13-18/h4,6-13H,1,5,14H2,2-3H3. The minimum absolute atomic E-state index is 0.289. The van der Waals surface area contributed by atoms with Gasteiger partial charge in [0.15, 0.2) is 0 Å². The van der Waals surface area contributed by atoms with Crippen LogP contribution in [0.1, 0.15) is 12.5 Å². The van der Waals surface area contributed by atoms with E-state index in [-0.39, 0.29) is 4.90 Å². The summed E-state index contributed by atoms with van der Waals surface area (Å²) < 4.78 is 32.4. The van der Waals surface area contributed by atoms with Crippen molar-refractivity contribution in [2.45, 2.75) is 18.7 Å². The Labute approximate surface area is 138 Å². The summed E-state index contributed by atoms with van der Waals surface area (Å²) in [6.07, 6.45) is 1.66. The molecular formula is C18H21NO3S. The van der Waals surface area contributed by atoms with Crippen LogP contribution in [0.15, 0.2) is 66.1 Å². The second-order valence-corrected chi connectivity index (χ2v) is 6.94. The van der Waals surface area contributed by atoms with Gasteiger partial charge in [-0.25, -0.2) is 8.42 Å². The zero-order chi connectivity index (χ0) is 16.9. The van der Waals surface area contributed by atoms with Crippen LogP contribution >= 0.6 is 0 Å². The summed E-state index contributed by atoms with van der Waals surface area (Å²) in [6.45, 7) is 8.10.